The Bertz CT molecular complexity index is 1930. The second-order valence-corrected chi connectivity index (χ2v) is 11.4. The fourth-order valence-corrected chi connectivity index (χ4v) is 5.63. The van der Waals surface area contributed by atoms with Crippen LogP contribution in [0.2, 0.25) is 0 Å². The number of carbonyl (C=O) groups excluding carboxylic acids is 2. The quantitative estimate of drug-likeness (QED) is 0.0986. The van der Waals surface area contributed by atoms with Crippen LogP contribution in [-0.2, 0) is 15.9 Å². The van der Waals surface area contributed by atoms with E-state index in [0.717, 1.165) is 41.0 Å². The largest absolute Gasteiger partial charge is 0.504 e. The van der Waals surface area contributed by atoms with Crippen molar-refractivity contribution < 1.29 is 43.1 Å². The minimum absolute atomic E-state index is 0. The molecule has 0 bridgehead atoms. The highest BCUT2D eigenvalue weighted by Crippen LogP contribution is 2.38. The summed E-state index contributed by atoms with van der Waals surface area (Å²) < 4.78 is 25.9. The number of non-ortho nitro benzene ring substituents is 2. The van der Waals surface area contributed by atoms with E-state index < -0.39 is 15.9 Å². The molecule has 1 amide bonds. The van der Waals surface area contributed by atoms with Gasteiger partial charge in [0.2, 0.25) is 0 Å². The molecule has 17 heteroatoms. The predicted octanol–water partition coefficient (Wildman–Crippen LogP) is 6.24. The van der Waals surface area contributed by atoms with Crippen LogP contribution in [0.5, 0.6) is 17.2 Å². The first kappa shape index (κ1) is 38.4. The molecule has 4 heterocycles. The number of amides is 1. The molecule has 3 aromatic carbocycles. The van der Waals surface area contributed by atoms with Gasteiger partial charge in [0.05, 0.1) is 62.0 Å². The van der Waals surface area contributed by atoms with Gasteiger partial charge in [-0.05, 0) is 54.7 Å². The maximum atomic E-state index is 11.4. The van der Waals surface area contributed by atoms with Gasteiger partial charge in [-0.1, -0.05) is 0 Å². The standard InChI is InChI=1S/C15H17N3O3.C11H11NO4.C9H7NO4.B/c1-20-15(19)18-11-2-3-14-13(7-11)10(4-5-21-14)6-12-8-16-9-17-12;1-15-7-8-4-5-16-11-3-2-9(12(13)14)6-10(8)11;11-8-3-4-14-9-2-1-6(10(12)13)5-7(8)9;/h2-3,7-10H,4-6H2,1H3,(H,16,17)(H,18,19);2-3,6-7H,4-5H2,1H3;1-2,5H,3-4H2;. The van der Waals surface area contributed by atoms with Crippen molar-refractivity contribution >= 4 is 42.9 Å². The van der Waals surface area contributed by atoms with E-state index in [0.29, 0.717) is 54.9 Å². The summed E-state index contributed by atoms with van der Waals surface area (Å²) in [5.41, 5.74) is 4.86. The van der Waals surface area contributed by atoms with Gasteiger partial charge in [-0.15, -0.1) is 0 Å². The molecule has 0 saturated carbocycles. The zero-order valence-electron chi connectivity index (χ0n) is 28.4. The van der Waals surface area contributed by atoms with E-state index in [9.17, 15) is 29.8 Å². The molecular formula is C35H35BN5O11. The molecule has 3 radical (unpaired) electrons. The fraction of sp³-hybridized carbons (Fsp3) is 0.286. The molecule has 0 aliphatic carbocycles. The van der Waals surface area contributed by atoms with Crippen LogP contribution in [0.3, 0.4) is 0 Å². The smallest absolute Gasteiger partial charge is 0.411 e. The SMILES string of the molecule is COC(=O)Nc1ccc2c(c1)C(Cc1cnc[nH]1)CCO2.COC=C1CCOc2ccc([N+](=O)[O-])cc21.O=C1CCOc2ccc([N+](=O)[O-])cc21.[B]. The van der Waals surface area contributed by atoms with Gasteiger partial charge in [-0.25, -0.2) is 9.78 Å². The molecule has 1 unspecified atom stereocenters. The highest BCUT2D eigenvalue weighted by atomic mass is 16.6. The minimum atomic E-state index is -0.526. The first-order valence-corrected chi connectivity index (χ1v) is 15.8. The van der Waals surface area contributed by atoms with Gasteiger partial charge in [0, 0.05) is 74.2 Å². The Morgan fingerprint density at radius 2 is 1.56 bits per heavy atom. The number of nitro groups is 2. The Labute approximate surface area is 300 Å². The number of benzene rings is 3. The summed E-state index contributed by atoms with van der Waals surface area (Å²) in [5, 5.41) is 23.8. The predicted molar refractivity (Wildman–Crippen MR) is 189 cm³/mol. The van der Waals surface area contributed by atoms with E-state index in [1.54, 1.807) is 25.8 Å². The number of carbonyl (C=O) groups is 2. The molecule has 0 fully saturated rings. The van der Waals surface area contributed by atoms with Gasteiger partial charge in [0.25, 0.3) is 11.4 Å². The topological polar surface area (TPSA) is 207 Å². The molecule has 16 nitrogen and oxygen atoms in total. The molecule has 3 aliphatic rings. The van der Waals surface area contributed by atoms with Crippen molar-refractivity contribution in [2.75, 3.05) is 39.4 Å². The number of nitrogens with one attached hydrogen (secondary N) is 2. The molecule has 7 rings (SSSR count). The van der Waals surface area contributed by atoms with Crippen LogP contribution in [0.1, 0.15) is 52.4 Å². The Morgan fingerprint density at radius 3 is 2.19 bits per heavy atom. The molecule has 4 aromatic rings. The summed E-state index contributed by atoms with van der Waals surface area (Å²) in [6, 6.07) is 14.3. The lowest BCUT2D eigenvalue weighted by Gasteiger charge is -2.26. The fourth-order valence-electron chi connectivity index (χ4n) is 5.63. The minimum Gasteiger partial charge on any atom is -0.504 e. The number of ether oxygens (including phenoxy) is 5. The maximum Gasteiger partial charge on any atom is 0.411 e. The van der Waals surface area contributed by atoms with Crippen LogP contribution in [-0.4, -0.2) is 74.1 Å². The Balaban J connectivity index is 0.000000177. The average Bonchev–Trinajstić information content (AvgIpc) is 3.66. The van der Waals surface area contributed by atoms with Crippen LogP contribution >= 0.6 is 0 Å². The lowest BCUT2D eigenvalue weighted by Crippen LogP contribution is -2.17. The first-order chi connectivity index (χ1) is 24.7. The number of aromatic amines is 1. The third-order valence-electron chi connectivity index (χ3n) is 8.10. The lowest BCUT2D eigenvalue weighted by molar-refractivity contribution is -0.385. The van der Waals surface area contributed by atoms with Gasteiger partial charge >= 0.3 is 6.09 Å². The Morgan fingerprint density at radius 1 is 0.923 bits per heavy atom. The molecule has 2 N–H and O–H groups in total. The Hall–Kier alpha value is -6.39. The summed E-state index contributed by atoms with van der Waals surface area (Å²) in [6.45, 7) is 1.62. The number of aromatic nitrogens is 2. The van der Waals surface area contributed by atoms with Crippen LogP contribution in [0.25, 0.3) is 5.57 Å². The van der Waals surface area contributed by atoms with E-state index in [1.165, 1.54) is 37.4 Å². The maximum absolute atomic E-state index is 11.4. The third kappa shape index (κ3) is 9.65. The number of fused-ring (bicyclic) bond motifs is 3. The van der Waals surface area contributed by atoms with Gasteiger partial charge in [-0.3, -0.25) is 30.3 Å². The summed E-state index contributed by atoms with van der Waals surface area (Å²) in [6.07, 6.45) is 7.44. The van der Waals surface area contributed by atoms with Crippen molar-refractivity contribution in [1.82, 2.24) is 9.97 Å². The molecule has 269 valence electrons. The van der Waals surface area contributed by atoms with Gasteiger partial charge in [0.1, 0.15) is 17.2 Å². The average molecular weight is 713 g/mol. The molecule has 3 aliphatic heterocycles. The van der Waals surface area contributed by atoms with Crippen LogP contribution in [0.15, 0.2) is 73.4 Å². The molecule has 0 saturated heterocycles. The lowest BCUT2D eigenvalue weighted by atomic mass is 9.89. The van der Waals surface area contributed by atoms with Gasteiger partial charge < -0.3 is 28.7 Å². The number of nitro benzene ring substituents is 2. The van der Waals surface area contributed by atoms with E-state index in [-0.39, 0.29) is 32.0 Å². The van der Waals surface area contributed by atoms with Crippen molar-refractivity contribution in [3.8, 4) is 17.2 Å². The highest BCUT2D eigenvalue weighted by Gasteiger charge is 2.24. The highest BCUT2D eigenvalue weighted by molar-refractivity contribution is 6.00. The monoisotopic (exact) mass is 712 g/mol. The third-order valence-corrected chi connectivity index (χ3v) is 8.10. The number of H-pyrrole nitrogens is 1. The number of anilines is 1. The zero-order chi connectivity index (χ0) is 36.3. The second kappa shape index (κ2) is 18.0. The molecule has 0 spiro atoms. The number of nitrogens with zero attached hydrogens (tertiary/aromatic N) is 3. The van der Waals surface area contributed by atoms with Crippen molar-refractivity contribution in [3.05, 3.63) is 116 Å². The van der Waals surface area contributed by atoms with Crippen LogP contribution < -0.4 is 19.5 Å². The van der Waals surface area contributed by atoms with E-state index in [4.69, 9.17) is 18.9 Å². The molecule has 1 aromatic heterocycles. The first-order valence-electron chi connectivity index (χ1n) is 15.8. The molecule has 1 atom stereocenters. The molecule has 52 heavy (non-hydrogen) atoms. The van der Waals surface area contributed by atoms with Crippen molar-refractivity contribution in [2.45, 2.75) is 31.6 Å². The van der Waals surface area contributed by atoms with Crippen molar-refractivity contribution in [3.63, 3.8) is 0 Å². The number of imidazole rings is 1. The number of methoxy groups -OCH3 is 2. The summed E-state index contributed by atoms with van der Waals surface area (Å²) in [4.78, 5) is 50.0. The van der Waals surface area contributed by atoms with Gasteiger partial charge in [-0.2, -0.15) is 0 Å². The second-order valence-electron chi connectivity index (χ2n) is 11.4. The van der Waals surface area contributed by atoms with Gasteiger partial charge in [0.15, 0.2) is 5.78 Å². The number of ketones is 1. The number of hydrogen-bond acceptors (Lipinski definition) is 12. The van der Waals surface area contributed by atoms with Crippen LogP contribution in [0, 0.1) is 20.2 Å². The summed E-state index contributed by atoms with van der Waals surface area (Å²) in [5.74, 6) is 2.22. The van der Waals surface area contributed by atoms with Crippen LogP contribution in [0.4, 0.5) is 21.9 Å². The number of hydrogen-bond donors (Lipinski definition) is 2. The van der Waals surface area contributed by atoms with E-state index >= 15 is 0 Å². The number of Topliss-reactive ketones (excluding diaryl/α,β-unsaturated/α-hetero) is 1. The van der Waals surface area contributed by atoms with E-state index in [1.807, 2.05) is 24.4 Å². The van der Waals surface area contributed by atoms with Crippen molar-refractivity contribution in [2.24, 2.45) is 0 Å². The van der Waals surface area contributed by atoms with E-state index in [2.05, 4.69) is 20.0 Å². The normalized spacial score (nSPS) is 15.7. The zero-order valence-corrected chi connectivity index (χ0v) is 28.4. The summed E-state index contributed by atoms with van der Waals surface area (Å²) in [7, 11) is 2.90. The summed E-state index contributed by atoms with van der Waals surface area (Å²) >= 11 is 0. The molecular weight excluding hydrogens is 677 g/mol. The van der Waals surface area contributed by atoms with Crippen molar-refractivity contribution in [1.29, 1.82) is 0 Å². The Kier molecular flexibility index (Phi) is 13.3. The number of rotatable bonds is 6.